The van der Waals surface area contributed by atoms with Gasteiger partial charge in [-0.3, -0.25) is 9.89 Å². The summed E-state index contributed by atoms with van der Waals surface area (Å²) >= 11 is 0. The van der Waals surface area contributed by atoms with Crippen LogP contribution in [0.4, 0.5) is 0 Å². The Morgan fingerprint density at radius 2 is 1.84 bits per heavy atom. The van der Waals surface area contributed by atoms with Crippen LogP contribution in [0.2, 0.25) is 0 Å². The van der Waals surface area contributed by atoms with Crippen molar-refractivity contribution in [3.8, 4) is 0 Å². The summed E-state index contributed by atoms with van der Waals surface area (Å²) in [6.07, 6.45) is 4.16. The van der Waals surface area contributed by atoms with Gasteiger partial charge in [-0.2, -0.15) is 0 Å². The van der Waals surface area contributed by atoms with Crippen LogP contribution in [0.3, 0.4) is 0 Å². The molecule has 148 valence electrons. The minimum Gasteiger partial charge on any atom is -0.379 e. The lowest BCUT2D eigenvalue weighted by molar-refractivity contribution is 0.00272. The molecule has 0 radical (unpaired) electrons. The highest BCUT2D eigenvalue weighted by Gasteiger charge is 2.26. The molecule has 0 aromatic rings. The molecule has 0 aliphatic carbocycles. The summed E-state index contributed by atoms with van der Waals surface area (Å²) in [6.45, 7) is 9.48. The van der Waals surface area contributed by atoms with Gasteiger partial charge in [0.15, 0.2) is 5.96 Å². The second kappa shape index (κ2) is 11.7. The number of sulfone groups is 1. The Morgan fingerprint density at radius 1 is 1.20 bits per heavy atom. The highest BCUT2D eigenvalue weighted by Crippen LogP contribution is 2.19. The predicted molar refractivity (Wildman–Crippen MR) is 104 cm³/mol. The van der Waals surface area contributed by atoms with Gasteiger partial charge in [-0.25, -0.2) is 8.42 Å². The standard InChI is InChI=1S/C17H36N4O3S/c1-5-15(6-2)16(21-9-11-24-12-10-21)14-20-17(18-3)19-8-7-13-25(4,22)23/h15-16H,5-14H2,1-4H3,(H2,18,19,20). The largest absolute Gasteiger partial charge is 0.379 e. The molecule has 1 unspecified atom stereocenters. The van der Waals surface area contributed by atoms with Crippen molar-refractivity contribution < 1.29 is 13.2 Å². The van der Waals surface area contributed by atoms with Gasteiger partial charge in [0.05, 0.1) is 19.0 Å². The quantitative estimate of drug-likeness (QED) is 0.332. The van der Waals surface area contributed by atoms with Crippen LogP contribution >= 0.6 is 0 Å². The topological polar surface area (TPSA) is 83.0 Å². The van der Waals surface area contributed by atoms with E-state index in [9.17, 15) is 8.42 Å². The van der Waals surface area contributed by atoms with Crippen LogP contribution in [0.25, 0.3) is 0 Å². The van der Waals surface area contributed by atoms with Gasteiger partial charge in [0.25, 0.3) is 0 Å². The van der Waals surface area contributed by atoms with E-state index >= 15 is 0 Å². The zero-order valence-corrected chi connectivity index (χ0v) is 17.1. The summed E-state index contributed by atoms with van der Waals surface area (Å²) in [5.74, 6) is 1.56. The first kappa shape index (κ1) is 22.2. The number of morpholine rings is 1. The fourth-order valence-corrected chi connectivity index (χ4v) is 3.97. The molecule has 1 aliphatic rings. The summed E-state index contributed by atoms with van der Waals surface area (Å²) < 4.78 is 27.9. The minimum atomic E-state index is -2.91. The maximum atomic E-state index is 11.2. The van der Waals surface area contributed by atoms with E-state index in [-0.39, 0.29) is 5.75 Å². The maximum Gasteiger partial charge on any atom is 0.191 e. The van der Waals surface area contributed by atoms with E-state index < -0.39 is 9.84 Å². The number of nitrogens with one attached hydrogen (secondary N) is 2. The second-order valence-corrected chi connectivity index (χ2v) is 8.92. The van der Waals surface area contributed by atoms with E-state index in [0.29, 0.717) is 24.9 Å². The van der Waals surface area contributed by atoms with Crippen molar-refractivity contribution in [3.05, 3.63) is 0 Å². The normalized spacial score (nSPS) is 18.4. The van der Waals surface area contributed by atoms with Gasteiger partial charge >= 0.3 is 0 Å². The average Bonchev–Trinajstić information content (AvgIpc) is 2.60. The maximum absolute atomic E-state index is 11.2. The van der Waals surface area contributed by atoms with Gasteiger partial charge in [0.1, 0.15) is 9.84 Å². The van der Waals surface area contributed by atoms with Crippen LogP contribution in [0.15, 0.2) is 4.99 Å². The minimum absolute atomic E-state index is 0.196. The van der Waals surface area contributed by atoms with Gasteiger partial charge in [-0.05, 0) is 12.3 Å². The van der Waals surface area contributed by atoms with Gasteiger partial charge in [-0.1, -0.05) is 26.7 Å². The Bertz CT molecular complexity index is 486. The first-order valence-electron chi connectivity index (χ1n) is 9.35. The third-order valence-corrected chi connectivity index (χ3v) is 5.82. The number of hydrogen-bond acceptors (Lipinski definition) is 5. The van der Waals surface area contributed by atoms with Crippen molar-refractivity contribution in [2.45, 2.75) is 39.2 Å². The number of guanidine groups is 1. The highest BCUT2D eigenvalue weighted by atomic mass is 32.2. The van der Waals surface area contributed by atoms with Crippen molar-refractivity contribution >= 4 is 15.8 Å². The molecular formula is C17H36N4O3S. The van der Waals surface area contributed by atoms with E-state index in [2.05, 4.69) is 34.4 Å². The van der Waals surface area contributed by atoms with Crippen molar-refractivity contribution in [3.63, 3.8) is 0 Å². The molecule has 1 aliphatic heterocycles. The lowest BCUT2D eigenvalue weighted by atomic mass is 9.92. The molecule has 8 heteroatoms. The Labute approximate surface area is 153 Å². The third kappa shape index (κ3) is 8.87. The average molecular weight is 377 g/mol. The molecule has 1 atom stereocenters. The summed E-state index contributed by atoms with van der Waals surface area (Å²) in [6, 6.07) is 0.452. The molecular weight excluding hydrogens is 340 g/mol. The monoisotopic (exact) mass is 376 g/mol. The highest BCUT2D eigenvalue weighted by molar-refractivity contribution is 7.90. The van der Waals surface area contributed by atoms with E-state index in [1.165, 1.54) is 6.26 Å². The molecule has 1 saturated heterocycles. The molecule has 25 heavy (non-hydrogen) atoms. The van der Waals surface area contributed by atoms with Crippen LogP contribution in [0.5, 0.6) is 0 Å². The summed E-state index contributed by atoms with van der Waals surface area (Å²) in [4.78, 5) is 6.77. The Balaban J connectivity index is 2.51. The van der Waals surface area contributed by atoms with Gasteiger partial charge in [0.2, 0.25) is 0 Å². The van der Waals surface area contributed by atoms with Crippen LogP contribution in [-0.2, 0) is 14.6 Å². The zero-order chi connectivity index (χ0) is 18.7. The molecule has 0 aromatic carbocycles. The van der Waals surface area contributed by atoms with Crippen molar-refractivity contribution in [2.24, 2.45) is 10.9 Å². The lowest BCUT2D eigenvalue weighted by Crippen LogP contribution is -2.53. The molecule has 1 rings (SSSR count). The van der Waals surface area contributed by atoms with Crippen molar-refractivity contribution in [1.29, 1.82) is 0 Å². The van der Waals surface area contributed by atoms with Crippen LogP contribution in [0, 0.1) is 5.92 Å². The molecule has 7 nitrogen and oxygen atoms in total. The second-order valence-electron chi connectivity index (χ2n) is 6.66. The number of nitrogens with zero attached hydrogens (tertiary/aromatic N) is 2. The molecule has 1 fully saturated rings. The zero-order valence-electron chi connectivity index (χ0n) is 16.3. The molecule has 0 spiro atoms. The van der Waals surface area contributed by atoms with E-state index in [0.717, 1.165) is 51.6 Å². The predicted octanol–water partition coefficient (Wildman–Crippen LogP) is 0.723. The Kier molecular flexibility index (Phi) is 10.4. The lowest BCUT2D eigenvalue weighted by Gasteiger charge is -2.39. The van der Waals surface area contributed by atoms with Crippen LogP contribution < -0.4 is 10.6 Å². The Hall–Kier alpha value is -0.860. The molecule has 2 N–H and O–H groups in total. The molecule has 1 heterocycles. The molecule has 0 amide bonds. The van der Waals surface area contributed by atoms with E-state index in [1.54, 1.807) is 7.05 Å². The summed E-state index contributed by atoms with van der Waals surface area (Å²) in [7, 11) is -1.16. The number of ether oxygens (including phenoxy) is 1. The van der Waals surface area contributed by atoms with E-state index in [1.807, 2.05) is 0 Å². The summed E-state index contributed by atoms with van der Waals surface area (Å²) in [5.41, 5.74) is 0. The fraction of sp³-hybridized carbons (Fsp3) is 0.941. The van der Waals surface area contributed by atoms with Gasteiger partial charge in [-0.15, -0.1) is 0 Å². The van der Waals surface area contributed by atoms with Crippen LogP contribution in [0.1, 0.15) is 33.1 Å². The van der Waals surface area contributed by atoms with Gasteiger partial charge < -0.3 is 15.4 Å². The molecule has 0 aromatic heterocycles. The number of hydrogen-bond donors (Lipinski definition) is 2. The first-order chi connectivity index (χ1) is 11.9. The van der Waals surface area contributed by atoms with Crippen LogP contribution in [-0.4, -0.2) is 83.8 Å². The van der Waals surface area contributed by atoms with Crippen molar-refractivity contribution in [2.75, 3.05) is 58.4 Å². The van der Waals surface area contributed by atoms with Crippen molar-refractivity contribution in [1.82, 2.24) is 15.5 Å². The van der Waals surface area contributed by atoms with Gasteiger partial charge in [0, 0.05) is 45.5 Å². The fourth-order valence-electron chi connectivity index (χ4n) is 3.30. The first-order valence-corrected chi connectivity index (χ1v) is 11.4. The number of rotatable bonds is 10. The smallest absolute Gasteiger partial charge is 0.191 e. The number of aliphatic imine (C=N–C) groups is 1. The SMILES string of the molecule is CCC(CC)C(CNC(=NC)NCCCS(C)(=O)=O)N1CCOCC1. The van der Waals surface area contributed by atoms with E-state index in [4.69, 9.17) is 4.74 Å². The molecule has 0 saturated carbocycles. The molecule has 0 bridgehead atoms. The summed E-state index contributed by atoms with van der Waals surface area (Å²) in [5, 5.41) is 6.63. The Morgan fingerprint density at radius 3 is 2.36 bits per heavy atom. The third-order valence-electron chi connectivity index (χ3n) is 4.79.